The highest BCUT2D eigenvalue weighted by Crippen LogP contribution is 2.46. The molecule has 0 fully saturated rings. The lowest BCUT2D eigenvalue weighted by atomic mass is 9.91. The number of hydrogen-bond donors (Lipinski definition) is 1. The van der Waals surface area contributed by atoms with Crippen molar-refractivity contribution in [2.45, 2.75) is 25.6 Å². The van der Waals surface area contributed by atoms with Crippen LogP contribution in [-0.2, 0) is 15.1 Å². The molecule has 1 aliphatic rings. The summed E-state index contributed by atoms with van der Waals surface area (Å²) >= 11 is 0. The number of rotatable bonds is 0. The van der Waals surface area contributed by atoms with Crippen LogP contribution in [0.2, 0.25) is 0 Å². The average Bonchev–Trinajstić information content (AvgIpc) is 2.53. The van der Waals surface area contributed by atoms with E-state index in [4.69, 9.17) is 4.74 Å². The van der Waals surface area contributed by atoms with E-state index in [0.717, 1.165) is 12.1 Å². The summed E-state index contributed by atoms with van der Waals surface area (Å²) in [5, 5.41) is 2.27. The number of anilines is 1. The van der Waals surface area contributed by atoms with Crippen LogP contribution in [0.25, 0.3) is 0 Å². The van der Waals surface area contributed by atoms with Gasteiger partial charge in [-0.25, -0.2) is 4.39 Å². The summed E-state index contributed by atoms with van der Waals surface area (Å²) in [5.41, 5.74) is -3.77. The van der Waals surface area contributed by atoms with Gasteiger partial charge in [0.25, 0.3) is 5.60 Å². The quantitative estimate of drug-likeness (QED) is 0.590. The Labute approximate surface area is 124 Å². The Kier molecular flexibility index (Phi) is 4.16. The lowest BCUT2D eigenvalue weighted by molar-refractivity contribution is -0.256. The van der Waals surface area contributed by atoms with Gasteiger partial charge in [0, 0.05) is 17.2 Å². The zero-order valence-corrected chi connectivity index (χ0v) is 11.8. The molecule has 1 aromatic carbocycles. The first-order valence-corrected chi connectivity index (χ1v) is 6.49. The molecule has 1 amide bonds. The Morgan fingerprint density at radius 1 is 1.36 bits per heavy atom. The van der Waals surface area contributed by atoms with Crippen LogP contribution < -0.4 is 5.32 Å². The predicted octanol–water partition coefficient (Wildman–Crippen LogP) is 3.21. The second-order valence-electron chi connectivity index (χ2n) is 5.13. The highest BCUT2D eigenvalue weighted by Gasteiger charge is 2.59. The first-order valence-electron chi connectivity index (χ1n) is 6.49. The number of carbonyl (C=O) groups is 1. The molecule has 118 valence electrons. The molecule has 0 spiro atoms. The van der Waals surface area contributed by atoms with Crippen LogP contribution >= 0.6 is 0 Å². The van der Waals surface area contributed by atoms with Crippen molar-refractivity contribution >= 4 is 11.6 Å². The first kappa shape index (κ1) is 16.3. The normalized spacial score (nSPS) is 21.5. The number of ether oxygens (including phenoxy) is 1. The van der Waals surface area contributed by atoms with Crippen molar-refractivity contribution in [2.24, 2.45) is 5.92 Å². The molecule has 1 atom stereocenters. The summed E-state index contributed by atoms with van der Waals surface area (Å²) < 4.78 is 59.3. The number of alkyl halides is 3. The van der Waals surface area contributed by atoms with Crippen molar-refractivity contribution in [3.63, 3.8) is 0 Å². The summed E-state index contributed by atoms with van der Waals surface area (Å²) in [4.78, 5) is 11.5. The van der Waals surface area contributed by atoms with Crippen LogP contribution in [0.4, 0.5) is 23.2 Å². The highest BCUT2D eigenvalue weighted by molar-refractivity contribution is 5.93. The third kappa shape index (κ3) is 2.92. The zero-order chi connectivity index (χ0) is 16.5. The molecule has 0 saturated heterocycles. The van der Waals surface area contributed by atoms with Gasteiger partial charge in [-0.3, -0.25) is 4.79 Å². The molecule has 0 bridgehead atoms. The largest absolute Gasteiger partial charge is 0.433 e. The van der Waals surface area contributed by atoms with Crippen LogP contribution in [0.1, 0.15) is 19.4 Å². The van der Waals surface area contributed by atoms with Crippen LogP contribution in [0.5, 0.6) is 0 Å². The van der Waals surface area contributed by atoms with Gasteiger partial charge in [0.1, 0.15) is 12.4 Å². The number of hydrogen-bond acceptors (Lipinski definition) is 2. The molecule has 1 N–H and O–H groups in total. The monoisotopic (exact) mass is 315 g/mol. The number of benzene rings is 1. The Morgan fingerprint density at radius 2 is 2.05 bits per heavy atom. The number of fused-ring (bicyclic) bond motifs is 1. The van der Waals surface area contributed by atoms with Gasteiger partial charge in [0.15, 0.2) is 0 Å². The maximum absolute atomic E-state index is 13.7. The van der Waals surface area contributed by atoms with Crippen molar-refractivity contribution in [1.82, 2.24) is 0 Å². The van der Waals surface area contributed by atoms with E-state index in [1.165, 1.54) is 0 Å². The van der Waals surface area contributed by atoms with Crippen molar-refractivity contribution < 1.29 is 27.1 Å². The van der Waals surface area contributed by atoms with E-state index < -0.39 is 35.7 Å². The molecular weight excluding hydrogens is 302 g/mol. The molecule has 1 unspecified atom stereocenters. The minimum absolute atomic E-state index is 0.167. The van der Waals surface area contributed by atoms with Crippen LogP contribution in [0.15, 0.2) is 18.2 Å². The summed E-state index contributed by atoms with van der Waals surface area (Å²) in [7, 11) is 0. The van der Waals surface area contributed by atoms with E-state index in [-0.39, 0.29) is 11.6 Å². The summed E-state index contributed by atoms with van der Waals surface area (Å²) in [6.45, 7) is 2.40. The molecule has 1 aliphatic heterocycles. The van der Waals surface area contributed by atoms with Crippen LogP contribution in [-0.4, -0.2) is 18.7 Å². The summed E-state index contributed by atoms with van der Waals surface area (Å²) in [6.07, 6.45) is -4.94. The lowest BCUT2D eigenvalue weighted by Crippen LogP contribution is -2.44. The van der Waals surface area contributed by atoms with Crippen LogP contribution in [0.3, 0.4) is 0 Å². The third-order valence-corrected chi connectivity index (χ3v) is 2.99. The predicted molar refractivity (Wildman–Crippen MR) is 71.3 cm³/mol. The molecule has 0 aromatic heterocycles. The first-order chi connectivity index (χ1) is 10.2. The van der Waals surface area contributed by atoms with Gasteiger partial charge < -0.3 is 10.1 Å². The topological polar surface area (TPSA) is 38.3 Å². The van der Waals surface area contributed by atoms with Gasteiger partial charge in [0.2, 0.25) is 5.91 Å². The van der Waals surface area contributed by atoms with E-state index in [0.29, 0.717) is 6.07 Å². The molecule has 0 saturated carbocycles. The molecule has 3 nitrogen and oxygen atoms in total. The maximum Gasteiger partial charge on any atom is 0.433 e. The lowest BCUT2D eigenvalue weighted by Gasteiger charge is -2.30. The van der Waals surface area contributed by atoms with Gasteiger partial charge in [-0.2, -0.15) is 13.2 Å². The Balaban J connectivity index is 2.76. The fraction of sp³-hybridized carbons (Fsp3) is 0.400. The fourth-order valence-corrected chi connectivity index (χ4v) is 2.01. The van der Waals surface area contributed by atoms with Crippen LogP contribution in [0, 0.1) is 23.6 Å². The Bertz CT molecular complexity index is 658. The average molecular weight is 315 g/mol. The SMILES string of the molecule is CC(C)C#CC1(C(F)(F)F)OCC(=O)Nc2ccc(F)cc21. The molecular formula is C15H13F4NO2. The Morgan fingerprint density at radius 3 is 2.64 bits per heavy atom. The molecule has 0 aliphatic carbocycles. The number of halogens is 4. The van der Waals surface area contributed by atoms with Crippen molar-refractivity contribution in [1.29, 1.82) is 0 Å². The van der Waals surface area contributed by atoms with Gasteiger partial charge in [-0.15, -0.1) is 0 Å². The van der Waals surface area contributed by atoms with E-state index >= 15 is 0 Å². The fourth-order valence-electron chi connectivity index (χ4n) is 2.01. The van der Waals surface area contributed by atoms with Crippen molar-refractivity contribution in [3.8, 4) is 11.8 Å². The van der Waals surface area contributed by atoms with E-state index in [1.807, 2.05) is 0 Å². The van der Waals surface area contributed by atoms with E-state index in [1.54, 1.807) is 13.8 Å². The number of amides is 1. The minimum atomic E-state index is -4.94. The van der Waals surface area contributed by atoms with Gasteiger partial charge in [0.05, 0.1) is 0 Å². The molecule has 2 rings (SSSR count). The molecule has 1 aromatic rings. The van der Waals surface area contributed by atoms with E-state index in [2.05, 4.69) is 17.2 Å². The molecule has 22 heavy (non-hydrogen) atoms. The molecule has 0 radical (unpaired) electrons. The number of carbonyl (C=O) groups excluding carboxylic acids is 1. The van der Waals surface area contributed by atoms with Gasteiger partial charge in [-0.1, -0.05) is 25.7 Å². The van der Waals surface area contributed by atoms with Gasteiger partial charge >= 0.3 is 6.18 Å². The third-order valence-electron chi connectivity index (χ3n) is 2.99. The maximum atomic E-state index is 13.7. The summed E-state index contributed by atoms with van der Waals surface area (Å²) in [5.74, 6) is 2.48. The van der Waals surface area contributed by atoms with Gasteiger partial charge in [-0.05, 0) is 18.2 Å². The van der Waals surface area contributed by atoms with Crippen molar-refractivity contribution in [3.05, 3.63) is 29.6 Å². The second kappa shape index (κ2) is 5.61. The molecule has 7 heteroatoms. The van der Waals surface area contributed by atoms with E-state index in [9.17, 15) is 22.4 Å². The zero-order valence-electron chi connectivity index (χ0n) is 11.8. The van der Waals surface area contributed by atoms with Crippen molar-refractivity contribution in [2.75, 3.05) is 11.9 Å². The second-order valence-corrected chi connectivity index (χ2v) is 5.13. The molecule has 1 heterocycles. The smallest absolute Gasteiger partial charge is 0.340 e. The Hall–Kier alpha value is -2.07. The highest BCUT2D eigenvalue weighted by atomic mass is 19.4. The standard InChI is InChI=1S/C15H13F4NO2/c1-9(2)5-6-14(15(17,18)19)11-7-10(16)3-4-12(11)20-13(21)8-22-14/h3-4,7,9H,8H2,1-2H3,(H,20,21). The minimum Gasteiger partial charge on any atom is -0.340 e. The number of nitrogens with one attached hydrogen (secondary N) is 1. The summed E-state index contributed by atoms with van der Waals surface area (Å²) in [6, 6.07) is 2.71.